The molecule has 4 nitrogen and oxygen atoms in total. The van der Waals surface area contributed by atoms with Gasteiger partial charge in [0.05, 0.1) is 0 Å². The molecule has 1 saturated carbocycles. The van der Waals surface area contributed by atoms with Crippen molar-refractivity contribution in [2.45, 2.75) is 55.7 Å². The summed E-state index contributed by atoms with van der Waals surface area (Å²) in [6, 6.07) is 2.01. The number of nitrogens with one attached hydrogen (secondary N) is 1. The Bertz CT molecular complexity index is 561. The van der Waals surface area contributed by atoms with E-state index in [-0.39, 0.29) is 11.2 Å². The highest BCUT2D eigenvalue weighted by Crippen LogP contribution is 2.40. The standard InChI is InChI=1S/C16H21NO3S2/c18-14(13-11-5-9-21-12(11)6-10-22-13)17-16(15(19)20)7-3-1-2-4-8-16/h5,9,13H,1-4,6-8,10H2,(H,17,18)(H,19,20). The molecule has 120 valence electrons. The normalized spacial score (nSPS) is 24.1. The fourth-order valence-electron chi connectivity index (χ4n) is 3.39. The zero-order valence-corrected chi connectivity index (χ0v) is 14.1. The Balaban J connectivity index is 1.79. The molecule has 22 heavy (non-hydrogen) atoms. The maximum absolute atomic E-state index is 12.8. The van der Waals surface area contributed by atoms with Crippen molar-refractivity contribution in [2.24, 2.45) is 0 Å². The van der Waals surface area contributed by atoms with Crippen LogP contribution in [0.5, 0.6) is 0 Å². The van der Waals surface area contributed by atoms with E-state index >= 15 is 0 Å². The first-order chi connectivity index (χ1) is 10.6. The summed E-state index contributed by atoms with van der Waals surface area (Å²) >= 11 is 3.32. The quantitative estimate of drug-likeness (QED) is 0.829. The molecule has 1 aliphatic carbocycles. The van der Waals surface area contributed by atoms with Crippen LogP contribution in [0.2, 0.25) is 0 Å². The Morgan fingerprint density at radius 1 is 1.23 bits per heavy atom. The molecule has 0 saturated heterocycles. The number of carboxylic acids is 1. The van der Waals surface area contributed by atoms with Gasteiger partial charge in [-0.1, -0.05) is 25.7 Å². The Morgan fingerprint density at radius 2 is 1.95 bits per heavy atom. The maximum atomic E-state index is 12.8. The second kappa shape index (κ2) is 6.62. The van der Waals surface area contributed by atoms with Gasteiger partial charge in [-0.2, -0.15) is 0 Å². The van der Waals surface area contributed by atoms with Gasteiger partial charge < -0.3 is 10.4 Å². The number of thioether (sulfide) groups is 1. The minimum Gasteiger partial charge on any atom is -0.480 e. The third-order valence-corrected chi connectivity index (χ3v) is 6.88. The highest BCUT2D eigenvalue weighted by Gasteiger charge is 2.42. The van der Waals surface area contributed by atoms with Crippen LogP contribution in [-0.4, -0.2) is 28.3 Å². The van der Waals surface area contributed by atoms with Crippen molar-refractivity contribution in [1.29, 1.82) is 0 Å². The molecule has 1 amide bonds. The fourth-order valence-corrected chi connectivity index (χ4v) is 5.68. The topological polar surface area (TPSA) is 66.4 Å². The number of aliphatic carboxylic acids is 1. The summed E-state index contributed by atoms with van der Waals surface area (Å²) in [5, 5.41) is 14.4. The molecular weight excluding hydrogens is 318 g/mol. The van der Waals surface area contributed by atoms with Crippen LogP contribution in [-0.2, 0) is 16.0 Å². The Hall–Kier alpha value is -1.01. The van der Waals surface area contributed by atoms with Crippen molar-refractivity contribution < 1.29 is 14.7 Å². The summed E-state index contributed by atoms with van der Waals surface area (Å²) in [7, 11) is 0. The van der Waals surface area contributed by atoms with E-state index < -0.39 is 11.5 Å². The van der Waals surface area contributed by atoms with Crippen LogP contribution < -0.4 is 5.32 Å². The number of carboxylic acid groups (broad SMARTS) is 1. The Morgan fingerprint density at radius 3 is 2.64 bits per heavy atom. The van der Waals surface area contributed by atoms with Gasteiger partial charge in [0.1, 0.15) is 10.8 Å². The summed E-state index contributed by atoms with van der Waals surface area (Å²) in [6.45, 7) is 0. The van der Waals surface area contributed by atoms with E-state index in [2.05, 4.69) is 5.32 Å². The summed E-state index contributed by atoms with van der Waals surface area (Å²) < 4.78 is 0. The molecular formula is C16H21NO3S2. The Kier molecular flexibility index (Phi) is 4.78. The number of hydrogen-bond acceptors (Lipinski definition) is 4. The average Bonchev–Trinajstić information content (AvgIpc) is 2.86. The third-order valence-electron chi connectivity index (χ3n) is 4.64. The van der Waals surface area contributed by atoms with Gasteiger partial charge in [0.25, 0.3) is 0 Å². The first-order valence-electron chi connectivity index (χ1n) is 7.86. The Labute approximate surface area is 138 Å². The second-order valence-corrected chi connectivity index (χ2v) is 8.30. The van der Waals surface area contributed by atoms with Crippen molar-refractivity contribution in [3.8, 4) is 0 Å². The molecule has 0 spiro atoms. The van der Waals surface area contributed by atoms with Gasteiger partial charge in [-0.05, 0) is 42.0 Å². The van der Waals surface area contributed by atoms with Gasteiger partial charge in [-0.3, -0.25) is 4.79 Å². The number of fused-ring (bicyclic) bond motifs is 1. The number of rotatable bonds is 3. The maximum Gasteiger partial charge on any atom is 0.329 e. The van der Waals surface area contributed by atoms with E-state index in [9.17, 15) is 14.7 Å². The lowest BCUT2D eigenvalue weighted by atomic mass is 9.90. The van der Waals surface area contributed by atoms with E-state index in [1.807, 2.05) is 11.4 Å². The molecule has 0 bridgehead atoms. The van der Waals surface area contributed by atoms with Crippen molar-refractivity contribution in [3.05, 3.63) is 21.9 Å². The molecule has 0 radical (unpaired) electrons. The van der Waals surface area contributed by atoms with Crippen LogP contribution in [0.15, 0.2) is 11.4 Å². The van der Waals surface area contributed by atoms with Crippen molar-refractivity contribution in [3.63, 3.8) is 0 Å². The lowest BCUT2D eigenvalue weighted by molar-refractivity contribution is -0.148. The third kappa shape index (κ3) is 3.04. The zero-order chi connectivity index (χ0) is 15.6. The molecule has 1 aliphatic heterocycles. The fraction of sp³-hybridized carbons (Fsp3) is 0.625. The van der Waals surface area contributed by atoms with Crippen LogP contribution >= 0.6 is 23.1 Å². The van der Waals surface area contributed by atoms with E-state index in [0.29, 0.717) is 12.8 Å². The molecule has 2 heterocycles. The first kappa shape index (κ1) is 15.9. The average molecular weight is 339 g/mol. The van der Waals surface area contributed by atoms with Gasteiger partial charge in [-0.25, -0.2) is 4.79 Å². The van der Waals surface area contributed by atoms with E-state index in [0.717, 1.165) is 43.4 Å². The predicted octanol–water partition coefficient (Wildman–Crippen LogP) is 3.37. The number of thiophene rings is 1. The van der Waals surface area contributed by atoms with Crippen LogP contribution in [0.4, 0.5) is 0 Å². The summed E-state index contributed by atoms with van der Waals surface area (Å²) in [5.41, 5.74) is 0.00909. The number of aryl methyl sites for hydroxylation is 1. The first-order valence-corrected chi connectivity index (χ1v) is 9.78. The second-order valence-electron chi connectivity index (χ2n) is 6.09. The zero-order valence-electron chi connectivity index (χ0n) is 12.5. The molecule has 2 aliphatic rings. The molecule has 6 heteroatoms. The summed E-state index contributed by atoms with van der Waals surface area (Å²) in [5.74, 6) is -0.0890. The molecule has 1 fully saturated rings. The molecule has 2 N–H and O–H groups in total. The van der Waals surface area contributed by atoms with E-state index in [1.54, 1.807) is 23.1 Å². The minimum absolute atomic E-state index is 0.131. The van der Waals surface area contributed by atoms with Gasteiger partial charge in [-0.15, -0.1) is 23.1 Å². The van der Waals surface area contributed by atoms with Gasteiger partial charge >= 0.3 is 5.97 Å². The molecule has 1 aromatic rings. The number of hydrogen-bond donors (Lipinski definition) is 2. The van der Waals surface area contributed by atoms with Gasteiger partial charge in [0, 0.05) is 4.88 Å². The molecule has 3 rings (SSSR count). The van der Waals surface area contributed by atoms with E-state index in [1.165, 1.54) is 4.88 Å². The van der Waals surface area contributed by atoms with Crippen molar-refractivity contribution in [2.75, 3.05) is 5.75 Å². The van der Waals surface area contributed by atoms with Crippen LogP contribution in [0.25, 0.3) is 0 Å². The number of carbonyl (C=O) groups excluding carboxylic acids is 1. The predicted molar refractivity (Wildman–Crippen MR) is 89.4 cm³/mol. The van der Waals surface area contributed by atoms with Crippen LogP contribution in [0.1, 0.15) is 54.2 Å². The summed E-state index contributed by atoms with van der Waals surface area (Å²) in [6.07, 6.45) is 5.94. The van der Waals surface area contributed by atoms with Crippen LogP contribution in [0.3, 0.4) is 0 Å². The highest BCUT2D eigenvalue weighted by molar-refractivity contribution is 8.00. The number of amides is 1. The van der Waals surface area contributed by atoms with Crippen molar-refractivity contribution >= 4 is 35.0 Å². The molecule has 0 aromatic carbocycles. The summed E-state index contributed by atoms with van der Waals surface area (Å²) in [4.78, 5) is 25.8. The largest absolute Gasteiger partial charge is 0.480 e. The lowest BCUT2D eigenvalue weighted by Crippen LogP contribution is -2.55. The number of carbonyl (C=O) groups is 2. The SMILES string of the molecule is O=C(NC1(C(=O)O)CCCCCC1)C1SCCc2sccc21. The molecule has 1 unspecified atom stereocenters. The van der Waals surface area contributed by atoms with Gasteiger partial charge in [0.15, 0.2) is 0 Å². The lowest BCUT2D eigenvalue weighted by Gasteiger charge is -2.32. The minimum atomic E-state index is -1.07. The molecule has 1 atom stereocenters. The molecule has 1 aromatic heterocycles. The van der Waals surface area contributed by atoms with Gasteiger partial charge in [0.2, 0.25) is 5.91 Å². The van der Waals surface area contributed by atoms with E-state index in [4.69, 9.17) is 0 Å². The highest BCUT2D eigenvalue weighted by atomic mass is 32.2. The van der Waals surface area contributed by atoms with Crippen molar-refractivity contribution in [1.82, 2.24) is 5.32 Å². The van der Waals surface area contributed by atoms with Crippen LogP contribution in [0, 0.1) is 0 Å². The smallest absolute Gasteiger partial charge is 0.329 e. The monoisotopic (exact) mass is 339 g/mol.